The van der Waals surface area contributed by atoms with Gasteiger partial charge in [0, 0.05) is 5.69 Å². The first-order chi connectivity index (χ1) is 9.11. The number of rotatable bonds is 3. The molecular formula is C14H13FN2O2. The second-order valence-corrected chi connectivity index (χ2v) is 3.90. The van der Waals surface area contributed by atoms with E-state index in [-0.39, 0.29) is 11.3 Å². The number of nitrogens with one attached hydrogen (secondary N) is 1. The quantitative estimate of drug-likeness (QED) is 0.658. The van der Waals surface area contributed by atoms with Crippen molar-refractivity contribution in [3.05, 3.63) is 53.8 Å². The van der Waals surface area contributed by atoms with Gasteiger partial charge in [0.2, 0.25) is 0 Å². The number of methoxy groups -OCH3 is 1. The minimum absolute atomic E-state index is 0.255. The molecule has 0 aliphatic heterocycles. The fourth-order valence-corrected chi connectivity index (χ4v) is 1.66. The van der Waals surface area contributed by atoms with Crippen molar-refractivity contribution in [2.24, 2.45) is 0 Å². The zero-order valence-electron chi connectivity index (χ0n) is 10.3. The van der Waals surface area contributed by atoms with Gasteiger partial charge in [0.15, 0.2) is 0 Å². The Balaban J connectivity index is 2.40. The van der Waals surface area contributed by atoms with Gasteiger partial charge >= 0.3 is 5.97 Å². The van der Waals surface area contributed by atoms with E-state index in [9.17, 15) is 9.18 Å². The van der Waals surface area contributed by atoms with E-state index in [0.29, 0.717) is 11.4 Å². The van der Waals surface area contributed by atoms with Gasteiger partial charge in [0.25, 0.3) is 0 Å². The Morgan fingerprint density at radius 1 is 1.21 bits per heavy atom. The molecule has 0 aliphatic rings. The molecule has 0 aromatic heterocycles. The SMILES string of the molecule is COC(=O)c1cc(N)ccc1Nc1ccccc1F. The number of para-hydroxylation sites is 1. The average molecular weight is 260 g/mol. The molecule has 5 heteroatoms. The normalized spacial score (nSPS) is 10.0. The van der Waals surface area contributed by atoms with Crippen molar-refractivity contribution < 1.29 is 13.9 Å². The van der Waals surface area contributed by atoms with Gasteiger partial charge in [-0.25, -0.2) is 9.18 Å². The standard InChI is InChI=1S/C14H13FN2O2/c1-19-14(18)10-8-9(16)6-7-12(10)17-13-5-3-2-4-11(13)15/h2-8,17H,16H2,1H3. The predicted molar refractivity (Wildman–Crippen MR) is 71.9 cm³/mol. The second kappa shape index (κ2) is 5.39. The highest BCUT2D eigenvalue weighted by molar-refractivity contribution is 5.97. The molecule has 0 radical (unpaired) electrons. The Morgan fingerprint density at radius 3 is 2.63 bits per heavy atom. The molecule has 2 aromatic rings. The third-order valence-corrected chi connectivity index (χ3v) is 2.59. The van der Waals surface area contributed by atoms with Crippen molar-refractivity contribution in [1.29, 1.82) is 0 Å². The van der Waals surface area contributed by atoms with Gasteiger partial charge in [-0.3, -0.25) is 0 Å². The summed E-state index contributed by atoms with van der Waals surface area (Å²) in [5.74, 6) is -0.943. The van der Waals surface area contributed by atoms with E-state index in [4.69, 9.17) is 5.73 Å². The molecule has 0 spiro atoms. The van der Waals surface area contributed by atoms with Crippen molar-refractivity contribution in [3.63, 3.8) is 0 Å². The first-order valence-electron chi connectivity index (χ1n) is 5.61. The summed E-state index contributed by atoms with van der Waals surface area (Å²) in [5.41, 5.74) is 7.03. The van der Waals surface area contributed by atoms with E-state index in [2.05, 4.69) is 10.1 Å². The number of esters is 1. The van der Waals surface area contributed by atoms with Crippen molar-refractivity contribution in [2.75, 3.05) is 18.2 Å². The fraction of sp³-hybridized carbons (Fsp3) is 0.0714. The monoisotopic (exact) mass is 260 g/mol. The van der Waals surface area contributed by atoms with Gasteiger partial charge in [0.1, 0.15) is 5.82 Å². The number of anilines is 3. The number of hydrogen-bond acceptors (Lipinski definition) is 4. The van der Waals surface area contributed by atoms with Crippen molar-refractivity contribution in [3.8, 4) is 0 Å². The van der Waals surface area contributed by atoms with E-state index in [1.54, 1.807) is 30.3 Å². The summed E-state index contributed by atoms with van der Waals surface area (Å²) in [6.07, 6.45) is 0. The Bertz CT molecular complexity index is 614. The third-order valence-electron chi connectivity index (χ3n) is 2.59. The van der Waals surface area contributed by atoms with Gasteiger partial charge < -0.3 is 15.8 Å². The number of carbonyl (C=O) groups is 1. The van der Waals surface area contributed by atoms with Crippen LogP contribution >= 0.6 is 0 Å². The Morgan fingerprint density at radius 2 is 1.95 bits per heavy atom. The van der Waals surface area contributed by atoms with Crippen LogP contribution in [-0.4, -0.2) is 13.1 Å². The van der Waals surface area contributed by atoms with Gasteiger partial charge in [-0.2, -0.15) is 0 Å². The molecule has 0 saturated carbocycles. The molecule has 2 aromatic carbocycles. The van der Waals surface area contributed by atoms with Gasteiger partial charge in [-0.15, -0.1) is 0 Å². The van der Waals surface area contributed by atoms with Crippen LogP contribution in [0.25, 0.3) is 0 Å². The van der Waals surface area contributed by atoms with Gasteiger partial charge in [-0.05, 0) is 30.3 Å². The van der Waals surface area contributed by atoms with Gasteiger partial charge in [-0.1, -0.05) is 12.1 Å². The van der Waals surface area contributed by atoms with Crippen molar-refractivity contribution >= 4 is 23.0 Å². The lowest BCUT2D eigenvalue weighted by Crippen LogP contribution is -2.07. The molecule has 19 heavy (non-hydrogen) atoms. The maximum atomic E-state index is 13.6. The molecule has 2 rings (SSSR count). The number of halogens is 1. The molecule has 0 saturated heterocycles. The van der Waals surface area contributed by atoms with E-state index in [0.717, 1.165) is 0 Å². The summed E-state index contributed by atoms with van der Waals surface area (Å²) in [6, 6.07) is 10.9. The second-order valence-electron chi connectivity index (χ2n) is 3.90. The van der Waals surface area contributed by atoms with Crippen LogP contribution in [0.2, 0.25) is 0 Å². The summed E-state index contributed by atoms with van der Waals surface area (Å²) >= 11 is 0. The van der Waals surface area contributed by atoms with Crippen LogP contribution in [0.4, 0.5) is 21.5 Å². The largest absolute Gasteiger partial charge is 0.465 e. The summed E-state index contributed by atoms with van der Waals surface area (Å²) in [5, 5.41) is 2.85. The highest BCUT2D eigenvalue weighted by Gasteiger charge is 2.13. The first-order valence-corrected chi connectivity index (χ1v) is 5.61. The molecule has 0 bridgehead atoms. The lowest BCUT2D eigenvalue weighted by atomic mass is 10.1. The van der Waals surface area contributed by atoms with Crippen LogP contribution in [0.3, 0.4) is 0 Å². The predicted octanol–water partition coefficient (Wildman–Crippen LogP) is 2.94. The molecule has 0 amide bonds. The van der Waals surface area contributed by atoms with E-state index in [1.165, 1.54) is 19.2 Å². The topological polar surface area (TPSA) is 64.3 Å². The number of nitrogen functional groups attached to an aromatic ring is 1. The molecule has 0 unspecified atom stereocenters. The number of benzene rings is 2. The van der Waals surface area contributed by atoms with Crippen LogP contribution < -0.4 is 11.1 Å². The van der Waals surface area contributed by atoms with Crippen LogP contribution in [0.1, 0.15) is 10.4 Å². The molecule has 98 valence electrons. The highest BCUT2D eigenvalue weighted by atomic mass is 19.1. The van der Waals surface area contributed by atoms with E-state index in [1.807, 2.05) is 0 Å². The van der Waals surface area contributed by atoms with Crippen LogP contribution in [0.15, 0.2) is 42.5 Å². The third kappa shape index (κ3) is 2.82. The molecule has 0 aliphatic carbocycles. The van der Waals surface area contributed by atoms with Crippen LogP contribution in [-0.2, 0) is 4.74 Å². The Kier molecular flexibility index (Phi) is 3.66. The average Bonchev–Trinajstić information content (AvgIpc) is 2.42. The molecule has 0 atom stereocenters. The lowest BCUT2D eigenvalue weighted by molar-refractivity contribution is 0.0602. The van der Waals surface area contributed by atoms with E-state index < -0.39 is 11.8 Å². The maximum absolute atomic E-state index is 13.6. The smallest absolute Gasteiger partial charge is 0.340 e. The van der Waals surface area contributed by atoms with Crippen molar-refractivity contribution in [2.45, 2.75) is 0 Å². The number of nitrogens with two attached hydrogens (primary N) is 1. The Labute approximate surface area is 110 Å². The number of ether oxygens (including phenoxy) is 1. The maximum Gasteiger partial charge on any atom is 0.340 e. The van der Waals surface area contributed by atoms with E-state index >= 15 is 0 Å². The summed E-state index contributed by atoms with van der Waals surface area (Å²) in [6.45, 7) is 0. The summed E-state index contributed by atoms with van der Waals surface area (Å²) < 4.78 is 18.2. The zero-order valence-corrected chi connectivity index (χ0v) is 10.3. The van der Waals surface area contributed by atoms with Gasteiger partial charge in [0.05, 0.1) is 24.0 Å². The lowest BCUT2D eigenvalue weighted by Gasteiger charge is -2.12. The molecular weight excluding hydrogens is 247 g/mol. The minimum Gasteiger partial charge on any atom is -0.465 e. The summed E-state index contributed by atoms with van der Waals surface area (Å²) in [7, 11) is 1.28. The zero-order chi connectivity index (χ0) is 13.8. The minimum atomic E-state index is -0.536. The van der Waals surface area contributed by atoms with Crippen molar-refractivity contribution in [1.82, 2.24) is 0 Å². The molecule has 4 nitrogen and oxygen atoms in total. The van der Waals surface area contributed by atoms with Crippen LogP contribution in [0, 0.1) is 5.82 Å². The fourth-order valence-electron chi connectivity index (χ4n) is 1.66. The molecule has 0 heterocycles. The number of hydrogen-bond donors (Lipinski definition) is 2. The highest BCUT2D eigenvalue weighted by Crippen LogP contribution is 2.25. The molecule has 0 fully saturated rings. The first kappa shape index (κ1) is 12.9. The molecule has 3 N–H and O–H groups in total. The number of carbonyl (C=O) groups excluding carboxylic acids is 1. The van der Waals surface area contributed by atoms with Crippen LogP contribution in [0.5, 0.6) is 0 Å². The summed E-state index contributed by atoms with van der Waals surface area (Å²) in [4.78, 5) is 11.7. The Hall–Kier alpha value is -2.56.